The molecular formula is C20H24N2O2. The molecule has 1 aliphatic carbocycles. The van der Waals surface area contributed by atoms with Crippen LogP contribution in [-0.2, 0) is 4.79 Å². The Morgan fingerprint density at radius 2 is 1.71 bits per heavy atom. The van der Waals surface area contributed by atoms with Crippen LogP contribution in [0.1, 0.15) is 45.1 Å². The number of pyridine rings is 1. The summed E-state index contributed by atoms with van der Waals surface area (Å²) in [5, 5.41) is 12.2. The van der Waals surface area contributed by atoms with E-state index in [1.807, 2.05) is 32.9 Å². The van der Waals surface area contributed by atoms with Crippen molar-refractivity contribution in [1.29, 1.82) is 0 Å². The standard InChI is InChI=1S/C20H24N2O2/c1-20(2,3)19(24)22-18-9-8-15(12-21-18)13-4-6-14(7-5-13)16-10-17(23)11-16/h4-9,12,16-17,23H,10-11H2,1-3H3,(H,21,22,24). The summed E-state index contributed by atoms with van der Waals surface area (Å²) in [5.41, 5.74) is 2.96. The van der Waals surface area contributed by atoms with Gasteiger partial charge in [0.1, 0.15) is 5.82 Å². The number of rotatable bonds is 3. The highest BCUT2D eigenvalue weighted by atomic mass is 16.3. The molecule has 2 aromatic rings. The monoisotopic (exact) mass is 324 g/mol. The number of anilines is 1. The topological polar surface area (TPSA) is 62.2 Å². The molecule has 0 atom stereocenters. The fourth-order valence-corrected chi connectivity index (χ4v) is 2.75. The Bertz CT molecular complexity index is 709. The van der Waals surface area contributed by atoms with Gasteiger partial charge in [-0.05, 0) is 42.0 Å². The normalized spacial score (nSPS) is 20.3. The van der Waals surface area contributed by atoms with Gasteiger partial charge in [0.15, 0.2) is 0 Å². The van der Waals surface area contributed by atoms with E-state index in [9.17, 15) is 9.90 Å². The van der Waals surface area contributed by atoms with E-state index in [2.05, 4.69) is 34.6 Å². The Kier molecular flexibility index (Phi) is 4.41. The molecule has 4 heteroatoms. The zero-order chi connectivity index (χ0) is 17.3. The number of amides is 1. The fraction of sp³-hybridized carbons (Fsp3) is 0.400. The molecule has 0 spiro atoms. The number of nitrogens with one attached hydrogen (secondary N) is 1. The van der Waals surface area contributed by atoms with Crippen molar-refractivity contribution in [2.45, 2.75) is 45.6 Å². The summed E-state index contributed by atoms with van der Waals surface area (Å²) in [5.74, 6) is 1.01. The maximum atomic E-state index is 12.0. The Balaban J connectivity index is 1.68. The number of aliphatic hydroxyl groups is 1. The van der Waals surface area contributed by atoms with E-state index < -0.39 is 5.41 Å². The fourth-order valence-electron chi connectivity index (χ4n) is 2.75. The second-order valence-corrected chi connectivity index (χ2v) is 7.58. The van der Waals surface area contributed by atoms with Gasteiger partial charge in [-0.3, -0.25) is 4.79 Å². The van der Waals surface area contributed by atoms with E-state index >= 15 is 0 Å². The van der Waals surface area contributed by atoms with Crippen molar-refractivity contribution in [3.63, 3.8) is 0 Å². The molecule has 1 fully saturated rings. The van der Waals surface area contributed by atoms with E-state index in [1.165, 1.54) is 5.56 Å². The van der Waals surface area contributed by atoms with Crippen molar-refractivity contribution in [2.24, 2.45) is 5.41 Å². The molecule has 1 aromatic carbocycles. The third-order valence-corrected chi connectivity index (χ3v) is 4.51. The molecule has 1 aromatic heterocycles. The molecule has 0 radical (unpaired) electrons. The number of aliphatic hydroxyl groups excluding tert-OH is 1. The molecule has 1 heterocycles. The number of nitrogens with zero attached hydrogens (tertiary/aromatic N) is 1. The average molecular weight is 324 g/mol. The number of hydrogen-bond acceptors (Lipinski definition) is 3. The number of carbonyl (C=O) groups is 1. The Labute approximate surface area is 142 Å². The maximum Gasteiger partial charge on any atom is 0.230 e. The van der Waals surface area contributed by atoms with Crippen LogP contribution in [0, 0.1) is 5.41 Å². The number of benzene rings is 1. The lowest BCUT2D eigenvalue weighted by Gasteiger charge is -2.31. The van der Waals surface area contributed by atoms with E-state index in [1.54, 1.807) is 6.20 Å². The van der Waals surface area contributed by atoms with Crippen molar-refractivity contribution in [3.05, 3.63) is 48.2 Å². The first-order valence-electron chi connectivity index (χ1n) is 8.39. The van der Waals surface area contributed by atoms with Crippen LogP contribution in [-0.4, -0.2) is 22.1 Å². The van der Waals surface area contributed by atoms with Gasteiger partial charge >= 0.3 is 0 Å². The number of hydrogen-bond donors (Lipinski definition) is 2. The van der Waals surface area contributed by atoms with Crippen LogP contribution < -0.4 is 5.32 Å². The highest BCUT2D eigenvalue weighted by molar-refractivity contribution is 5.93. The van der Waals surface area contributed by atoms with Crippen LogP contribution in [0.25, 0.3) is 11.1 Å². The quantitative estimate of drug-likeness (QED) is 0.898. The summed E-state index contributed by atoms with van der Waals surface area (Å²) in [7, 11) is 0. The van der Waals surface area contributed by atoms with Gasteiger partial charge in [0.25, 0.3) is 0 Å². The van der Waals surface area contributed by atoms with Crippen LogP contribution in [0.4, 0.5) is 5.82 Å². The van der Waals surface area contributed by atoms with E-state index in [-0.39, 0.29) is 12.0 Å². The van der Waals surface area contributed by atoms with Crippen molar-refractivity contribution in [2.75, 3.05) is 5.32 Å². The Morgan fingerprint density at radius 3 is 2.21 bits per heavy atom. The highest BCUT2D eigenvalue weighted by Crippen LogP contribution is 2.37. The van der Waals surface area contributed by atoms with Gasteiger partial charge in [0.2, 0.25) is 5.91 Å². The summed E-state index contributed by atoms with van der Waals surface area (Å²) in [6.07, 6.45) is 3.38. The van der Waals surface area contributed by atoms with Gasteiger partial charge in [-0.1, -0.05) is 45.0 Å². The molecule has 24 heavy (non-hydrogen) atoms. The van der Waals surface area contributed by atoms with Crippen LogP contribution >= 0.6 is 0 Å². The summed E-state index contributed by atoms with van der Waals surface area (Å²) in [6.45, 7) is 5.62. The summed E-state index contributed by atoms with van der Waals surface area (Å²) in [4.78, 5) is 16.3. The van der Waals surface area contributed by atoms with Gasteiger partial charge in [0, 0.05) is 17.2 Å². The minimum absolute atomic E-state index is 0.0465. The van der Waals surface area contributed by atoms with Gasteiger partial charge in [-0.15, -0.1) is 0 Å². The number of aromatic nitrogens is 1. The van der Waals surface area contributed by atoms with E-state index in [0.717, 1.165) is 24.0 Å². The lowest BCUT2D eigenvalue weighted by atomic mass is 9.77. The lowest BCUT2D eigenvalue weighted by molar-refractivity contribution is -0.123. The predicted molar refractivity (Wildman–Crippen MR) is 95.7 cm³/mol. The Morgan fingerprint density at radius 1 is 1.08 bits per heavy atom. The lowest BCUT2D eigenvalue weighted by Crippen LogP contribution is -2.27. The minimum Gasteiger partial charge on any atom is -0.393 e. The first-order chi connectivity index (χ1) is 11.3. The Hall–Kier alpha value is -2.20. The molecule has 1 amide bonds. The largest absolute Gasteiger partial charge is 0.393 e. The predicted octanol–water partition coefficient (Wildman–Crippen LogP) is 3.97. The molecule has 0 saturated heterocycles. The molecule has 1 saturated carbocycles. The molecule has 126 valence electrons. The van der Waals surface area contributed by atoms with Crippen LogP contribution in [0.3, 0.4) is 0 Å². The van der Waals surface area contributed by atoms with Crippen molar-refractivity contribution >= 4 is 11.7 Å². The third kappa shape index (κ3) is 3.65. The molecular weight excluding hydrogens is 300 g/mol. The van der Waals surface area contributed by atoms with Crippen molar-refractivity contribution in [3.8, 4) is 11.1 Å². The van der Waals surface area contributed by atoms with Gasteiger partial charge in [0.05, 0.1) is 6.10 Å². The van der Waals surface area contributed by atoms with E-state index in [4.69, 9.17) is 0 Å². The summed E-state index contributed by atoms with van der Waals surface area (Å²) >= 11 is 0. The van der Waals surface area contributed by atoms with Gasteiger partial charge in [-0.25, -0.2) is 4.98 Å². The van der Waals surface area contributed by atoms with Crippen LogP contribution in [0.5, 0.6) is 0 Å². The second-order valence-electron chi connectivity index (χ2n) is 7.58. The van der Waals surface area contributed by atoms with Gasteiger partial charge in [-0.2, -0.15) is 0 Å². The molecule has 2 N–H and O–H groups in total. The first-order valence-corrected chi connectivity index (χ1v) is 8.39. The van der Waals surface area contributed by atoms with Crippen molar-refractivity contribution < 1.29 is 9.90 Å². The zero-order valence-electron chi connectivity index (χ0n) is 14.4. The van der Waals surface area contributed by atoms with E-state index in [0.29, 0.717) is 11.7 Å². The zero-order valence-corrected chi connectivity index (χ0v) is 14.4. The SMILES string of the molecule is CC(C)(C)C(=O)Nc1ccc(-c2ccc(C3CC(O)C3)cc2)cn1. The van der Waals surface area contributed by atoms with Crippen LogP contribution in [0.15, 0.2) is 42.6 Å². The molecule has 4 nitrogen and oxygen atoms in total. The highest BCUT2D eigenvalue weighted by Gasteiger charge is 2.28. The molecule has 0 unspecified atom stereocenters. The molecule has 3 rings (SSSR count). The van der Waals surface area contributed by atoms with Crippen LogP contribution in [0.2, 0.25) is 0 Å². The smallest absolute Gasteiger partial charge is 0.230 e. The third-order valence-electron chi connectivity index (χ3n) is 4.51. The number of carbonyl (C=O) groups excluding carboxylic acids is 1. The van der Waals surface area contributed by atoms with Gasteiger partial charge < -0.3 is 10.4 Å². The first kappa shape index (κ1) is 16.7. The summed E-state index contributed by atoms with van der Waals surface area (Å²) in [6, 6.07) is 12.2. The summed E-state index contributed by atoms with van der Waals surface area (Å²) < 4.78 is 0. The average Bonchev–Trinajstić information content (AvgIpc) is 2.52. The minimum atomic E-state index is -0.439. The van der Waals surface area contributed by atoms with Crippen molar-refractivity contribution in [1.82, 2.24) is 4.98 Å². The molecule has 1 aliphatic rings. The molecule has 0 bridgehead atoms. The molecule has 0 aliphatic heterocycles. The second kappa shape index (κ2) is 6.36. The maximum absolute atomic E-state index is 12.0.